The van der Waals surface area contributed by atoms with Crippen LogP contribution in [0.2, 0.25) is 5.02 Å². The Balaban J connectivity index is 2.47. The van der Waals surface area contributed by atoms with Crippen molar-refractivity contribution < 1.29 is 14.3 Å². The molecule has 0 aliphatic heterocycles. The fourth-order valence-electron chi connectivity index (χ4n) is 3.94. The molecule has 0 amide bonds. The quantitative estimate of drug-likeness (QED) is 0.321. The highest BCUT2D eigenvalue weighted by Crippen LogP contribution is 2.49. The van der Waals surface area contributed by atoms with Gasteiger partial charge >= 0.3 is 5.97 Å². The minimum absolute atomic E-state index is 0.00167. The van der Waals surface area contributed by atoms with E-state index in [1.54, 1.807) is 6.07 Å². The van der Waals surface area contributed by atoms with Crippen LogP contribution in [0.4, 0.5) is 0 Å². The molecule has 0 aliphatic rings. The van der Waals surface area contributed by atoms with Crippen LogP contribution in [-0.2, 0) is 19.7 Å². The zero-order chi connectivity index (χ0) is 20.0. The van der Waals surface area contributed by atoms with Gasteiger partial charge in [-0.1, -0.05) is 90.5 Å². The lowest BCUT2D eigenvalue weighted by atomic mass is 9.61. The van der Waals surface area contributed by atoms with E-state index in [1.807, 2.05) is 78.9 Å². The molecule has 142 valence electrons. The highest BCUT2D eigenvalue weighted by molar-refractivity contribution is 6.31. The van der Waals surface area contributed by atoms with Gasteiger partial charge in [-0.3, -0.25) is 4.79 Å². The Hall–Kier alpha value is -2.91. The molecule has 3 rings (SSSR count). The molecule has 3 nitrogen and oxygen atoms in total. The lowest BCUT2D eigenvalue weighted by molar-refractivity contribution is -0.148. The Kier molecular flexibility index (Phi) is 6.27. The topological polar surface area (TPSA) is 43.4 Å². The van der Waals surface area contributed by atoms with Crippen LogP contribution in [0, 0.1) is 5.92 Å². The molecule has 28 heavy (non-hydrogen) atoms. The number of carbonyl (C=O) groups excluding carboxylic acids is 2. The first-order chi connectivity index (χ1) is 13.7. The number of halogens is 1. The summed E-state index contributed by atoms with van der Waals surface area (Å²) in [6.07, 6.45) is 0.765. The number of methoxy groups -OCH3 is 1. The van der Waals surface area contributed by atoms with E-state index in [1.165, 1.54) is 7.11 Å². The summed E-state index contributed by atoms with van der Waals surface area (Å²) in [7, 11) is 1.34. The monoisotopic (exact) mass is 392 g/mol. The summed E-state index contributed by atoms with van der Waals surface area (Å²) in [4.78, 5) is 24.6. The number of aldehydes is 1. The molecule has 0 N–H and O–H groups in total. The number of rotatable bonds is 7. The fraction of sp³-hybridized carbons (Fsp3) is 0.167. The Bertz CT molecular complexity index is 899. The number of hydrogen-bond donors (Lipinski definition) is 0. The number of benzene rings is 3. The highest BCUT2D eigenvalue weighted by Gasteiger charge is 2.48. The third-order valence-corrected chi connectivity index (χ3v) is 5.43. The van der Waals surface area contributed by atoms with Crippen molar-refractivity contribution in [1.82, 2.24) is 0 Å². The molecule has 0 aliphatic carbocycles. The molecule has 0 bridgehead atoms. The first kappa shape index (κ1) is 19.8. The van der Waals surface area contributed by atoms with E-state index in [0.29, 0.717) is 5.02 Å². The highest BCUT2D eigenvalue weighted by atomic mass is 35.5. The maximum Gasteiger partial charge on any atom is 0.310 e. The van der Waals surface area contributed by atoms with E-state index in [-0.39, 0.29) is 6.42 Å². The van der Waals surface area contributed by atoms with Gasteiger partial charge in [0.1, 0.15) is 6.29 Å². The second-order valence-electron chi connectivity index (χ2n) is 6.50. The van der Waals surface area contributed by atoms with Crippen LogP contribution in [0.3, 0.4) is 0 Å². The Morgan fingerprint density at radius 3 is 1.89 bits per heavy atom. The van der Waals surface area contributed by atoms with Gasteiger partial charge in [0, 0.05) is 11.4 Å². The fourth-order valence-corrected chi connectivity index (χ4v) is 4.22. The predicted octanol–water partition coefficient (Wildman–Crippen LogP) is 5.05. The van der Waals surface area contributed by atoms with Gasteiger partial charge in [0.25, 0.3) is 0 Å². The van der Waals surface area contributed by atoms with Crippen LogP contribution in [0.5, 0.6) is 0 Å². The normalized spacial score (nSPS) is 12.2. The first-order valence-electron chi connectivity index (χ1n) is 9.03. The van der Waals surface area contributed by atoms with Crippen LogP contribution < -0.4 is 0 Å². The maximum atomic E-state index is 13.0. The molecule has 3 aromatic rings. The summed E-state index contributed by atoms with van der Waals surface area (Å²) in [6, 6.07) is 26.8. The van der Waals surface area contributed by atoms with Gasteiger partial charge in [0.05, 0.1) is 18.4 Å². The van der Waals surface area contributed by atoms with Crippen molar-refractivity contribution in [1.29, 1.82) is 0 Å². The molecule has 0 heterocycles. The Morgan fingerprint density at radius 1 is 0.929 bits per heavy atom. The van der Waals surface area contributed by atoms with E-state index in [9.17, 15) is 9.59 Å². The minimum atomic E-state index is -0.977. The largest absolute Gasteiger partial charge is 0.469 e. The molecule has 4 heteroatoms. The van der Waals surface area contributed by atoms with Gasteiger partial charge in [-0.05, 0) is 22.8 Å². The lowest BCUT2D eigenvalue weighted by Gasteiger charge is -2.41. The Morgan fingerprint density at radius 2 is 1.43 bits per heavy atom. The number of esters is 1. The molecule has 0 spiro atoms. The van der Waals surface area contributed by atoms with Crippen molar-refractivity contribution >= 4 is 23.9 Å². The van der Waals surface area contributed by atoms with Gasteiger partial charge in [-0.2, -0.15) is 0 Å². The van der Waals surface area contributed by atoms with Gasteiger partial charge in [-0.15, -0.1) is 0 Å². The van der Waals surface area contributed by atoms with E-state index >= 15 is 0 Å². The van der Waals surface area contributed by atoms with E-state index in [0.717, 1.165) is 23.0 Å². The SMILES string of the molecule is COC(=O)C(CC=O)C(c1ccccc1)(c1ccccc1)c1ccccc1Cl. The summed E-state index contributed by atoms with van der Waals surface area (Å²) in [5.41, 5.74) is 1.51. The maximum absolute atomic E-state index is 13.0. The summed E-state index contributed by atoms with van der Waals surface area (Å²) in [5, 5.41) is 0.523. The molecular weight excluding hydrogens is 372 g/mol. The average molecular weight is 393 g/mol. The Labute approximate surface area is 169 Å². The van der Waals surface area contributed by atoms with Crippen molar-refractivity contribution in [3.8, 4) is 0 Å². The van der Waals surface area contributed by atoms with Crippen molar-refractivity contribution in [3.63, 3.8) is 0 Å². The van der Waals surface area contributed by atoms with E-state index in [4.69, 9.17) is 16.3 Å². The third kappa shape index (κ3) is 3.46. The lowest BCUT2D eigenvalue weighted by Crippen LogP contribution is -2.43. The molecule has 3 aromatic carbocycles. The van der Waals surface area contributed by atoms with Gasteiger partial charge in [-0.25, -0.2) is 0 Å². The standard InChI is InChI=1S/C24H21ClO3/c1-28-23(27)21(16-17-26)24(18-10-4-2-5-11-18,19-12-6-3-7-13-19)20-14-8-9-15-22(20)25/h2-15,17,21H,16H2,1H3. The summed E-state index contributed by atoms with van der Waals surface area (Å²) in [5.74, 6) is -1.24. The van der Waals surface area contributed by atoms with Gasteiger partial charge in [0.15, 0.2) is 0 Å². The van der Waals surface area contributed by atoms with Crippen molar-refractivity contribution in [2.75, 3.05) is 7.11 Å². The number of ether oxygens (including phenoxy) is 1. The van der Waals surface area contributed by atoms with Crippen LogP contribution in [-0.4, -0.2) is 19.4 Å². The molecule has 1 unspecified atom stereocenters. The molecule has 1 atom stereocenters. The van der Waals surface area contributed by atoms with Crippen LogP contribution in [0.25, 0.3) is 0 Å². The van der Waals surface area contributed by atoms with E-state index < -0.39 is 17.3 Å². The van der Waals surface area contributed by atoms with Gasteiger partial charge in [0.2, 0.25) is 0 Å². The van der Waals surface area contributed by atoms with Crippen molar-refractivity contribution in [3.05, 3.63) is 107 Å². The van der Waals surface area contributed by atoms with Gasteiger partial charge < -0.3 is 9.53 Å². The second-order valence-corrected chi connectivity index (χ2v) is 6.91. The molecule has 0 radical (unpaired) electrons. The molecule has 0 aromatic heterocycles. The molecule has 0 saturated carbocycles. The van der Waals surface area contributed by atoms with Crippen molar-refractivity contribution in [2.45, 2.75) is 11.8 Å². The van der Waals surface area contributed by atoms with Crippen LogP contribution in [0.1, 0.15) is 23.1 Å². The summed E-state index contributed by atoms with van der Waals surface area (Å²) < 4.78 is 5.13. The number of hydrogen-bond acceptors (Lipinski definition) is 3. The third-order valence-electron chi connectivity index (χ3n) is 5.10. The summed E-state index contributed by atoms with van der Waals surface area (Å²) >= 11 is 6.66. The predicted molar refractivity (Wildman–Crippen MR) is 110 cm³/mol. The first-order valence-corrected chi connectivity index (χ1v) is 9.41. The molecule has 0 fully saturated rings. The second kappa shape index (κ2) is 8.85. The molecular formula is C24H21ClO3. The summed E-state index contributed by atoms with van der Waals surface area (Å²) in [6.45, 7) is 0. The van der Waals surface area contributed by atoms with E-state index in [2.05, 4.69) is 0 Å². The zero-order valence-electron chi connectivity index (χ0n) is 15.5. The minimum Gasteiger partial charge on any atom is -0.469 e. The smallest absolute Gasteiger partial charge is 0.310 e. The van der Waals surface area contributed by atoms with Crippen LogP contribution >= 0.6 is 11.6 Å². The average Bonchev–Trinajstić information content (AvgIpc) is 2.75. The zero-order valence-corrected chi connectivity index (χ0v) is 16.3. The van der Waals surface area contributed by atoms with Crippen LogP contribution in [0.15, 0.2) is 84.9 Å². The van der Waals surface area contributed by atoms with Crippen molar-refractivity contribution in [2.24, 2.45) is 5.92 Å². The number of carbonyl (C=O) groups is 2. The molecule has 0 saturated heterocycles.